The molecule has 0 radical (unpaired) electrons. The lowest BCUT2D eigenvalue weighted by Crippen LogP contribution is -2.58. The monoisotopic (exact) mass is 288 g/mol. The van der Waals surface area contributed by atoms with Crippen LogP contribution in [0.5, 0.6) is 0 Å². The van der Waals surface area contributed by atoms with E-state index in [4.69, 9.17) is 10.5 Å². The minimum Gasteiger partial charge on any atom is -0.377 e. The van der Waals surface area contributed by atoms with Gasteiger partial charge in [0.2, 0.25) is 0 Å². The Hall–Kier alpha value is -0.900. The van der Waals surface area contributed by atoms with Gasteiger partial charge in [0, 0.05) is 25.2 Å². The Bertz CT molecular complexity index is 470. The van der Waals surface area contributed by atoms with E-state index >= 15 is 0 Å². The summed E-state index contributed by atoms with van der Waals surface area (Å²) in [6, 6.07) is 8.85. The van der Waals surface area contributed by atoms with Crippen molar-refractivity contribution in [3.63, 3.8) is 0 Å². The Labute approximate surface area is 128 Å². The van der Waals surface area contributed by atoms with Crippen molar-refractivity contribution in [2.45, 2.75) is 50.7 Å². The van der Waals surface area contributed by atoms with Crippen molar-refractivity contribution in [2.75, 3.05) is 26.2 Å². The lowest BCUT2D eigenvalue weighted by Gasteiger charge is -2.47. The molecule has 2 N–H and O–H groups in total. The molecule has 0 spiro atoms. The average Bonchev–Trinajstić information content (AvgIpc) is 3.05. The quantitative estimate of drug-likeness (QED) is 0.904. The van der Waals surface area contributed by atoms with Gasteiger partial charge in [0.25, 0.3) is 0 Å². The van der Waals surface area contributed by atoms with Crippen LogP contribution in [0.25, 0.3) is 0 Å². The molecule has 2 atom stereocenters. The zero-order chi connectivity index (χ0) is 14.7. The van der Waals surface area contributed by atoms with Crippen molar-refractivity contribution in [1.29, 1.82) is 0 Å². The molecule has 0 aromatic heterocycles. The zero-order valence-electron chi connectivity index (χ0n) is 13.2. The molecule has 1 heterocycles. The van der Waals surface area contributed by atoms with E-state index < -0.39 is 0 Å². The highest BCUT2D eigenvalue weighted by atomic mass is 16.5. The molecule has 3 heteroatoms. The van der Waals surface area contributed by atoms with Crippen molar-refractivity contribution in [2.24, 2.45) is 5.73 Å². The maximum atomic E-state index is 6.26. The molecule has 1 aromatic rings. The minimum absolute atomic E-state index is 0.120. The molecule has 2 aliphatic rings. The van der Waals surface area contributed by atoms with Gasteiger partial charge in [-0.15, -0.1) is 0 Å². The molecule has 0 amide bonds. The van der Waals surface area contributed by atoms with Gasteiger partial charge in [0.1, 0.15) is 0 Å². The topological polar surface area (TPSA) is 38.5 Å². The van der Waals surface area contributed by atoms with E-state index in [9.17, 15) is 0 Å². The third kappa shape index (κ3) is 3.01. The van der Waals surface area contributed by atoms with Gasteiger partial charge in [-0.2, -0.15) is 0 Å². The first-order chi connectivity index (χ1) is 10.3. The van der Waals surface area contributed by atoms with E-state index in [-0.39, 0.29) is 5.54 Å². The number of ether oxygens (including phenoxy) is 1. The van der Waals surface area contributed by atoms with E-state index in [1.54, 1.807) is 0 Å². The highest BCUT2D eigenvalue weighted by molar-refractivity contribution is 5.32. The first kappa shape index (κ1) is 15.0. The highest BCUT2D eigenvalue weighted by Crippen LogP contribution is 2.33. The SMILES string of the molecule is CCN(CC1CCCO1)C1(CN)CCc2ccccc2C1. The fourth-order valence-electron chi connectivity index (χ4n) is 4.05. The molecule has 1 fully saturated rings. The Morgan fingerprint density at radius 1 is 1.33 bits per heavy atom. The Kier molecular flexibility index (Phi) is 4.63. The van der Waals surface area contributed by atoms with E-state index in [0.29, 0.717) is 6.10 Å². The van der Waals surface area contributed by atoms with E-state index in [0.717, 1.165) is 39.1 Å². The number of hydrogen-bond acceptors (Lipinski definition) is 3. The second-order valence-corrected chi connectivity index (χ2v) is 6.55. The van der Waals surface area contributed by atoms with Crippen molar-refractivity contribution < 1.29 is 4.74 Å². The Morgan fingerprint density at radius 2 is 2.14 bits per heavy atom. The summed E-state index contributed by atoms with van der Waals surface area (Å²) in [5.74, 6) is 0. The van der Waals surface area contributed by atoms with Gasteiger partial charge < -0.3 is 10.5 Å². The van der Waals surface area contributed by atoms with Gasteiger partial charge >= 0.3 is 0 Å². The average molecular weight is 288 g/mol. The van der Waals surface area contributed by atoms with Crippen LogP contribution in [0.4, 0.5) is 0 Å². The van der Waals surface area contributed by atoms with Crippen LogP contribution >= 0.6 is 0 Å². The smallest absolute Gasteiger partial charge is 0.0703 e. The predicted molar refractivity (Wildman–Crippen MR) is 86.5 cm³/mol. The molecule has 0 saturated carbocycles. The van der Waals surface area contributed by atoms with Crippen LogP contribution in [-0.2, 0) is 17.6 Å². The number of likely N-dealkylation sites (N-methyl/N-ethyl adjacent to an activating group) is 1. The van der Waals surface area contributed by atoms with Crippen molar-refractivity contribution in [3.8, 4) is 0 Å². The third-order valence-electron chi connectivity index (χ3n) is 5.38. The number of nitrogens with zero attached hydrogens (tertiary/aromatic N) is 1. The summed E-state index contributed by atoms with van der Waals surface area (Å²) in [6.07, 6.45) is 6.22. The molecule has 2 unspecified atom stereocenters. The largest absolute Gasteiger partial charge is 0.377 e. The number of fused-ring (bicyclic) bond motifs is 1. The summed E-state index contributed by atoms with van der Waals surface area (Å²) in [5, 5.41) is 0. The first-order valence-electron chi connectivity index (χ1n) is 8.41. The molecule has 1 saturated heterocycles. The lowest BCUT2D eigenvalue weighted by atomic mass is 9.76. The fraction of sp³-hybridized carbons (Fsp3) is 0.667. The van der Waals surface area contributed by atoms with Crippen molar-refractivity contribution in [1.82, 2.24) is 4.90 Å². The van der Waals surface area contributed by atoms with E-state index in [1.807, 2.05) is 0 Å². The van der Waals surface area contributed by atoms with Crippen LogP contribution in [-0.4, -0.2) is 42.8 Å². The Balaban J connectivity index is 1.78. The van der Waals surface area contributed by atoms with Crippen LogP contribution in [0.3, 0.4) is 0 Å². The van der Waals surface area contributed by atoms with Gasteiger partial charge in [0.05, 0.1) is 6.10 Å². The molecule has 116 valence electrons. The summed E-state index contributed by atoms with van der Waals surface area (Å²) in [6.45, 7) is 6.02. The van der Waals surface area contributed by atoms with Gasteiger partial charge in [-0.1, -0.05) is 31.2 Å². The summed E-state index contributed by atoms with van der Waals surface area (Å²) in [4.78, 5) is 2.60. The second kappa shape index (κ2) is 6.47. The van der Waals surface area contributed by atoms with Gasteiger partial charge in [-0.05, 0) is 49.8 Å². The number of rotatable bonds is 5. The van der Waals surface area contributed by atoms with E-state index in [1.165, 1.54) is 30.4 Å². The summed E-state index contributed by atoms with van der Waals surface area (Å²) in [5.41, 5.74) is 9.38. The van der Waals surface area contributed by atoms with Crippen LogP contribution in [0.2, 0.25) is 0 Å². The summed E-state index contributed by atoms with van der Waals surface area (Å²) >= 11 is 0. The van der Waals surface area contributed by atoms with Gasteiger partial charge in [0.15, 0.2) is 0 Å². The normalized spacial score (nSPS) is 28.8. The summed E-state index contributed by atoms with van der Waals surface area (Å²) < 4.78 is 5.85. The van der Waals surface area contributed by atoms with Crippen molar-refractivity contribution in [3.05, 3.63) is 35.4 Å². The maximum Gasteiger partial charge on any atom is 0.0703 e. The number of hydrogen-bond donors (Lipinski definition) is 1. The van der Waals surface area contributed by atoms with E-state index in [2.05, 4.69) is 36.1 Å². The fourth-order valence-corrected chi connectivity index (χ4v) is 4.05. The molecule has 3 rings (SSSR count). The molecule has 1 aliphatic heterocycles. The molecule has 3 nitrogen and oxygen atoms in total. The van der Waals surface area contributed by atoms with Crippen LogP contribution in [0.1, 0.15) is 37.3 Å². The number of aryl methyl sites for hydroxylation is 1. The second-order valence-electron chi connectivity index (χ2n) is 6.55. The standard InChI is InChI=1S/C18H28N2O/c1-2-20(13-17-8-5-11-21-17)18(14-19)10-9-15-6-3-4-7-16(15)12-18/h3-4,6-7,17H,2,5,8-14,19H2,1H3. The molecule has 1 aromatic carbocycles. The molecule has 21 heavy (non-hydrogen) atoms. The minimum atomic E-state index is 0.120. The Morgan fingerprint density at radius 3 is 2.81 bits per heavy atom. The molecule has 0 bridgehead atoms. The lowest BCUT2D eigenvalue weighted by molar-refractivity contribution is 0.0175. The van der Waals surface area contributed by atoms with Crippen molar-refractivity contribution >= 4 is 0 Å². The molecular weight excluding hydrogens is 260 g/mol. The van der Waals surface area contributed by atoms with Crippen LogP contribution in [0.15, 0.2) is 24.3 Å². The molecular formula is C18H28N2O. The third-order valence-corrected chi connectivity index (χ3v) is 5.38. The van der Waals surface area contributed by atoms with Crippen LogP contribution in [0, 0.1) is 0 Å². The van der Waals surface area contributed by atoms with Gasteiger partial charge in [-0.3, -0.25) is 4.90 Å². The predicted octanol–water partition coefficient (Wildman–Crippen LogP) is 2.37. The van der Waals surface area contributed by atoms with Crippen LogP contribution < -0.4 is 5.73 Å². The van der Waals surface area contributed by atoms with Gasteiger partial charge in [-0.25, -0.2) is 0 Å². The first-order valence-corrected chi connectivity index (χ1v) is 8.41. The number of nitrogens with two attached hydrogens (primary N) is 1. The summed E-state index contributed by atoms with van der Waals surface area (Å²) in [7, 11) is 0. The number of benzene rings is 1. The zero-order valence-corrected chi connectivity index (χ0v) is 13.2. The highest BCUT2D eigenvalue weighted by Gasteiger charge is 2.39. The maximum absolute atomic E-state index is 6.26. The molecule has 1 aliphatic carbocycles.